The molecule has 0 saturated carbocycles. The van der Waals surface area contributed by atoms with Gasteiger partial charge in [0.25, 0.3) is 0 Å². The van der Waals surface area contributed by atoms with Gasteiger partial charge in [0.05, 0.1) is 17.3 Å². The van der Waals surface area contributed by atoms with Gasteiger partial charge in [-0.3, -0.25) is 0 Å². The zero-order valence-corrected chi connectivity index (χ0v) is 12.2. The molecular weight excluding hydrogens is 319 g/mol. The number of anilines is 1. The minimum absolute atomic E-state index is 0.0950. The molecule has 0 atom stereocenters. The molecule has 21 heavy (non-hydrogen) atoms. The van der Waals surface area contributed by atoms with Crippen LogP contribution in [0.3, 0.4) is 0 Å². The Balaban J connectivity index is 1.87. The fourth-order valence-electron chi connectivity index (χ4n) is 2.01. The predicted molar refractivity (Wildman–Crippen MR) is 80.5 cm³/mol. The molecule has 108 valence electrons. The molecule has 0 aliphatic heterocycles. The van der Waals surface area contributed by atoms with E-state index in [-0.39, 0.29) is 12.2 Å². The molecule has 0 fully saturated rings. The number of halogens is 4. The van der Waals surface area contributed by atoms with E-state index in [0.29, 0.717) is 11.1 Å². The summed E-state index contributed by atoms with van der Waals surface area (Å²) in [4.78, 5) is 0.807. The van der Waals surface area contributed by atoms with Crippen LogP contribution < -0.4 is 5.32 Å². The van der Waals surface area contributed by atoms with Crippen LogP contribution in [0.4, 0.5) is 18.9 Å². The molecule has 1 nitrogen and oxygen atoms in total. The molecule has 0 amide bonds. The molecule has 0 radical (unpaired) electrons. The van der Waals surface area contributed by atoms with Crippen molar-refractivity contribution in [1.82, 2.24) is 0 Å². The Kier molecular flexibility index (Phi) is 3.78. The molecule has 6 heteroatoms. The fraction of sp³-hybridized carbons (Fsp3) is 0.0667. The molecule has 2 aromatic carbocycles. The summed E-state index contributed by atoms with van der Waals surface area (Å²) in [7, 11) is 0. The van der Waals surface area contributed by atoms with E-state index in [1.807, 2.05) is 24.3 Å². The van der Waals surface area contributed by atoms with E-state index in [2.05, 4.69) is 5.32 Å². The predicted octanol–water partition coefficient (Wildman–Crippen LogP) is 5.58. The number of rotatable bonds is 3. The van der Waals surface area contributed by atoms with Crippen LogP contribution in [0.15, 0.2) is 36.4 Å². The molecule has 1 N–H and O–H groups in total. The Morgan fingerprint density at radius 2 is 1.71 bits per heavy atom. The van der Waals surface area contributed by atoms with Crippen molar-refractivity contribution >= 4 is 38.7 Å². The fourth-order valence-corrected chi connectivity index (χ4v) is 3.45. The third-order valence-corrected chi connectivity index (χ3v) is 4.77. The third-order valence-electron chi connectivity index (χ3n) is 3.05. The quantitative estimate of drug-likeness (QED) is 0.619. The molecule has 3 rings (SSSR count). The van der Waals surface area contributed by atoms with Gasteiger partial charge in [-0.25, -0.2) is 13.2 Å². The summed E-state index contributed by atoms with van der Waals surface area (Å²) in [5.74, 6) is -3.15. The Morgan fingerprint density at radius 1 is 1.00 bits per heavy atom. The third kappa shape index (κ3) is 2.71. The molecule has 1 heterocycles. The number of nitrogens with one attached hydrogen (secondary N) is 1. The summed E-state index contributed by atoms with van der Waals surface area (Å²) in [6.45, 7) is 0.236. The van der Waals surface area contributed by atoms with Crippen molar-refractivity contribution in [3.63, 3.8) is 0 Å². The molecule has 3 aromatic rings. The van der Waals surface area contributed by atoms with E-state index >= 15 is 0 Å². The topological polar surface area (TPSA) is 12.0 Å². The highest BCUT2D eigenvalue weighted by molar-refractivity contribution is 7.19. The summed E-state index contributed by atoms with van der Waals surface area (Å²) < 4.78 is 40.5. The summed E-state index contributed by atoms with van der Waals surface area (Å²) >= 11 is 7.73. The normalized spacial score (nSPS) is 11.0. The molecule has 0 bridgehead atoms. The maximum absolute atomic E-state index is 13.5. The van der Waals surface area contributed by atoms with Gasteiger partial charge in [0, 0.05) is 27.1 Å². The second-order valence-electron chi connectivity index (χ2n) is 4.44. The summed E-state index contributed by atoms with van der Waals surface area (Å²) in [6, 6.07) is 8.94. The maximum atomic E-state index is 13.5. The molecule has 0 unspecified atom stereocenters. The second kappa shape index (κ2) is 5.58. The number of fused-ring (bicyclic) bond motifs is 1. The van der Waals surface area contributed by atoms with Crippen molar-refractivity contribution in [3.8, 4) is 0 Å². The molecular formula is C15H9ClF3NS. The van der Waals surface area contributed by atoms with Crippen LogP contribution in [0, 0.1) is 17.5 Å². The Hall–Kier alpha value is -1.72. The highest BCUT2D eigenvalue weighted by atomic mass is 35.5. The van der Waals surface area contributed by atoms with Gasteiger partial charge in [0.1, 0.15) is 5.82 Å². The molecule has 0 spiro atoms. The van der Waals surface area contributed by atoms with Crippen molar-refractivity contribution in [3.05, 3.63) is 63.7 Å². The van der Waals surface area contributed by atoms with Gasteiger partial charge in [-0.05, 0) is 6.07 Å². The van der Waals surface area contributed by atoms with E-state index in [1.54, 1.807) is 0 Å². The van der Waals surface area contributed by atoms with E-state index in [4.69, 9.17) is 11.6 Å². The van der Waals surface area contributed by atoms with Gasteiger partial charge >= 0.3 is 0 Å². The first-order valence-corrected chi connectivity index (χ1v) is 7.30. The first-order chi connectivity index (χ1) is 10.1. The average Bonchev–Trinajstić information content (AvgIpc) is 2.79. The Morgan fingerprint density at radius 3 is 2.48 bits per heavy atom. The van der Waals surface area contributed by atoms with Gasteiger partial charge in [-0.2, -0.15) is 0 Å². The minimum atomic E-state index is -1.21. The molecule has 0 saturated heterocycles. The Labute approximate surface area is 128 Å². The lowest BCUT2D eigenvalue weighted by molar-refractivity contribution is 0.496. The van der Waals surface area contributed by atoms with Crippen molar-refractivity contribution in [2.24, 2.45) is 0 Å². The molecule has 0 aliphatic carbocycles. The summed E-state index contributed by atoms with van der Waals surface area (Å²) in [6.07, 6.45) is 0. The van der Waals surface area contributed by atoms with Crippen LogP contribution in [-0.4, -0.2) is 0 Å². The van der Waals surface area contributed by atoms with Gasteiger partial charge in [-0.1, -0.05) is 29.8 Å². The van der Waals surface area contributed by atoms with Crippen LogP contribution in [0.2, 0.25) is 5.02 Å². The van der Waals surface area contributed by atoms with Crippen molar-refractivity contribution in [2.45, 2.75) is 6.54 Å². The van der Waals surface area contributed by atoms with Gasteiger partial charge in [0.2, 0.25) is 0 Å². The van der Waals surface area contributed by atoms with Crippen LogP contribution in [0.1, 0.15) is 4.88 Å². The number of hydrogen-bond acceptors (Lipinski definition) is 2. The zero-order valence-electron chi connectivity index (χ0n) is 10.6. The van der Waals surface area contributed by atoms with Gasteiger partial charge in [-0.15, -0.1) is 11.3 Å². The van der Waals surface area contributed by atoms with E-state index < -0.39 is 17.5 Å². The van der Waals surface area contributed by atoms with Gasteiger partial charge in [0.15, 0.2) is 11.6 Å². The number of benzene rings is 2. The average molecular weight is 328 g/mol. The Bertz CT molecular complexity index is 816. The lowest BCUT2D eigenvalue weighted by Gasteiger charge is -2.07. The van der Waals surface area contributed by atoms with Crippen LogP contribution >= 0.6 is 22.9 Å². The first-order valence-electron chi connectivity index (χ1n) is 6.10. The molecule has 1 aromatic heterocycles. The number of thiophene rings is 1. The maximum Gasteiger partial charge on any atom is 0.161 e. The largest absolute Gasteiger partial charge is 0.378 e. The number of hydrogen-bond donors (Lipinski definition) is 1. The van der Waals surface area contributed by atoms with Crippen molar-refractivity contribution in [2.75, 3.05) is 5.32 Å². The van der Waals surface area contributed by atoms with Crippen molar-refractivity contribution < 1.29 is 13.2 Å². The second-order valence-corrected chi connectivity index (χ2v) is 5.95. The van der Waals surface area contributed by atoms with Gasteiger partial charge < -0.3 is 5.32 Å². The highest BCUT2D eigenvalue weighted by Crippen LogP contribution is 2.35. The minimum Gasteiger partial charge on any atom is -0.378 e. The molecule has 0 aliphatic rings. The SMILES string of the molecule is Fc1cc(F)c(NCc2sc3ccccc3c2Cl)cc1F. The zero-order chi connectivity index (χ0) is 15.0. The van der Waals surface area contributed by atoms with E-state index in [0.717, 1.165) is 21.0 Å². The van der Waals surface area contributed by atoms with Crippen LogP contribution in [0.25, 0.3) is 10.1 Å². The lowest BCUT2D eigenvalue weighted by atomic mass is 10.2. The smallest absolute Gasteiger partial charge is 0.161 e. The summed E-state index contributed by atoms with van der Waals surface area (Å²) in [5, 5.41) is 4.26. The van der Waals surface area contributed by atoms with E-state index in [9.17, 15) is 13.2 Å². The standard InChI is InChI=1S/C15H9ClF3NS/c16-15-8-3-1-2-4-13(8)21-14(15)7-20-12-6-10(18)9(17)5-11(12)19/h1-6,20H,7H2. The van der Waals surface area contributed by atoms with Crippen molar-refractivity contribution in [1.29, 1.82) is 0 Å². The monoisotopic (exact) mass is 327 g/mol. The van der Waals surface area contributed by atoms with E-state index in [1.165, 1.54) is 11.3 Å². The van der Waals surface area contributed by atoms with Crippen LogP contribution in [-0.2, 0) is 6.54 Å². The lowest BCUT2D eigenvalue weighted by Crippen LogP contribution is -2.02. The highest BCUT2D eigenvalue weighted by Gasteiger charge is 2.12. The summed E-state index contributed by atoms with van der Waals surface area (Å²) in [5.41, 5.74) is -0.0950. The van der Waals surface area contributed by atoms with Crippen LogP contribution in [0.5, 0.6) is 0 Å². The first kappa shape index (κ1) is 14.2.